The van der Waals surface area contributed by atoms with E-state index < -0.39 is 18.9 Å². The van der Waals surface area contributed by atoms with Gasteiger partial charge in [-0.15, -0.1) is 0 Å². The smallest absolute Gasteiger partial charge is 0.422 e. The largest absolute Gasteiger partial charge is 0.440 e. The van der Waals surface area contributed by atoms with Crippen LogP contribution in [0.2, 0.25) is 0 Å². The lowest BCUT2D eigenvalue weighted by atomic mass is 10.1. The zero-order chi connectivity index (χ0) is 15.0. The number of alkyl halides is 3. The Labute approximate surface area is 115 Å². The van der Waals surface area contributed by atoms with Gasteiger partial charge in [0.2, 0.25) is 0 Å². The van der Waals surface area contributed by atoms with Gasteiger partial charge in [-0.25, -0.2) is 4.79 Å². The molecular weight excluding hydrogens is 273 g/mol. The number of hydrogen-bond donors (Lipinski definition) is 2. The first-order chi connectivity index (χ1) is 9.40. The van der Waals surface area contributed by atoms with Gasteiger partial charge in [0.05, 0.1) is 0 Å². The van der Waals surface area contributed by atoms with Crippen molar-refractivity contribution in [3.05, 3.63) is 35.9 Å². The molecule has 1 atom stereocenters. The normalized spacial score (nSPS) is 12.8. The molecule has 0 aliphatic heterocycles. The second-order valence-corrected chi connectivity index (χ2v) is 4.28. The van der Waals surface area contributed by atoms with E-state index in [9.17, 15) is 18.0 Å². The molecule has 0 saturated heterocycles. The van der Waals surface area contributed by atoms with Gasteiger partial charge in [0.25, 0.3) is 0 Å². The van der Waals surface area contributed by atoms with Crippen LogP contribution in [-0.4, -0.2) is 38.5 Å². The van der Waals surface area contributed by atoms with Crippen LogP contribution in [0, 0.1) is 0 Å². The first-order valence-electron chi connectivity index (χ1n) is 6.09. The number of halogens is 3. The van der Waals surface area contributed by atoms with Gasteiger partial charge in [0.15, 0.2) is 6.61 Å². The number of likely N-dealkylation sites (N-methyl/N-ethyl adjacent to an activating group) is 1. The molecule has 0 spiro atoms. The number of nitrogens with one attached hydrogen (secondary N) is 2. The van der Waals surface area contributed by atoms with Gasteiger partial charge in [-0.1, -0.05) is 30.3 Å². The van der Waals surface area contributed by atoms with Crippen LogP contribution in [0.4, 0.5) is 18.0 Å². The molecule has 2 N–H and O–H groups in total. The molecule has 4 nitrogen and oxygen atoms in total. The number of amides is 1. The molecule has 0 heterocycles. The third-order valence-corrected chi connectivity index (χ3v) is 2.46. The number of ether oxygens (including phenoxy) is 1. The van der Waals surface area contributed by atoms with Crippen LogP contribution in [0.15, 0.2) is 30.3 Å². The molecule has 0 aromatic heterocycles. The highest BCUT2D eigenvalue weighted by atomic mass is 19.4. The van der Waals surface area contributed by atoms with Crippen molar-refractivity contribution in [3.63, 3.8) is 0 Å². The van der Waals surface area contributed by atoms with Crippen molar-refractivity contribution in [1.82, 2.24) is 10.6 Å². The summed E-state index contributed by atoms with van der Waals surface area (Å²) in [4.78, 5) is 11.3. The maximum atomic E-state index is 11.9. The highest BCUT2D eigenvalue weighted by Crippen LogP contribution is 2.14. The summed E-state index contributed by atoms with van der Waals surface area (Å²) >= 11 is 0. The lowest BCUT2D eigenvalue weighted by Gasteiger charge is -2.18. The van der Waals surface area contributed by atoms with Gasteiger partial charge in [-0.05, 0) is 19.0 Å². The molecule has 1 aromatic carbocycles. The van der Waals surface area contributed by atoms with Crippen LogP contribution in [-0.2, 0) is 11.2 Å². The Balaban J connectivity index is 2.48. The topological polar surface area (TPSA) is 50.4 Å². The predicted octanol–water partition coefficient (Wildman–Crippen LogP) is 2.11. The molecule has 1 rings (SSSR count). The first-order valence-corrected chi connectivity index (χ1v) is 6.09. The lowest BCUT2D eigenvalue weighted by molar-refractivity contribution is -0.160. The number of alkyl carbamates (subject to hydrolysis) is 1. The maximum Gasteiger partial charge on any atom is 0.422 e. The highest BCUT2D eigenvalue weighted by Gasteiger charge is 2.29. The highest BCUT2D eigenvalue weighted by molar-refractivity contribution is 5.67. The number of carbonyl (C=O) groups is 1. The van der Waals surface area contributed by atoms with Gasteiger partial charge >= 0.3 is 12.3 Å². The fourth-order valence-electron chi connectivity index (χ4n) is 1.67. The molecule has 0 fully saturated rings. The van der Waals surface area contributed by atoms with Crippen molar-refractivity contribution in [1.29, 1.82) is 0 Å². The van der Waals surface area contributed by atoms with Crippen LogP contribution < -0.4 is 10.6 Å². The number of benzene rings is 1. The molecule has 0 radical (unpaired) electrons. The van der Waals surface area contributed by atoms with Crippen molar-refractivity contribution in [2.75, 3.05) is 20.2 Å². The standard InChI is InChI=1S/C13H17F3N2O2/c1-17-8-11(7-10-5-3-2-4-6-10)18-12(19)20-9-13(14,15)16/h2-6,11,17H,7-9H2,1H3,(H,18,19). The first kappa shape index (κ1) is 16.3. The van der Waals surface area contributed by atoms with E-state index in [1.165, 1.54) is 0 Å². The Morgan fingerprint density at radius 2 is 1.95 bits per heavy atom. The number of carbonyl (C=O) groups excluding carboxylic acids is 1. The second-order valence-electron chi connectivity index (χ2n) is 4.28. The number of rotatable bonds is 6. The zero-order valence-electron chi connectivity index (χ0n) is 11.0. The van der Waals surface area contributed by atoms with E-state index in [-0.39, 0.29) is 6.04 Å². The maximum absolute atomic E-state index is 11.9. The van der Waals surface area contributed by atoms with Crippen LogP contribution >= 0.6 is 0 Å². The van der Waals surface area contributed by atoms with Crippen molar-refractivity contribution < 1.29 is 22.7 Å². The van der Waals surface area contributed by atoms with Crippen LogP contribution in [0.3, 0.4) is 0 Å². The Morgan fingerprint density at radius 3 is 2.50 bits per heavy atom. The number of hydrogen-bond acceptors (Lipinski definition) is 3. The molecule has 7 heteroatoms. The van der Waals surface area contributed by atoms with Gasteiger partial charge in [-0.2, -0.15) is 13.2 Å². The fraction of sp³-hybridized carbons (Fsp3) is 0.462. The van der Waals surface area contributed by atoms with Crippen molar-refractivity contribution in [3.8, 4) is 0 Å². The Kier molecular flexibility index (Phi) is 6.30. The molecule has 20 heavy (non-hydrogen) atoms. The third-order valence-electron chi connectivity index (χ3n) is 2.46. The Bertz CT molecular complexity index is 410. The molecule has 112 valence electrons. The minimum atomic E-state index is -4.52. The molecule has 1 amide bonds. The predicted molar refractivity (Wildman–Crippen MR) is 68.4 cm³/mol. The molecular formula is C13H17F3N2O2. The van der Waals surface area contributed by atoms with E-state index >= 15 is 0 Å². The van der Waals surface area contributed by atoms with E-state index in [2.05, 4.69) is 15.4 Å². The second kappa shape index (κ2) is 7.74. The minimum Gasteiger partial charge on any atom is -0.440 e. The summed E-state index contributed by atoms with van der Waals surface area (Å²) in [7, 11) is 1.70. The fourth-order valence-corrected chi connectivity index (χ4v) is 1.67. The van der Waals surface area contributed by atoms with Gasteiger partial charge in [0.1, 0.15) is 0 Å². The summed E-state index contributed by atoms with van der Waals surface area (Å²) in [5, 5.41) is 5.29. The van der Waals surface area contributed by atoms with E-state index in [0.29, 0.717) is 13.0 Å². The average Bonchev–Trinajstić information content (AvgIpc) is 2.37. The van der Waals surface area contributed by atoms with E-state index in [4.69, 9.17) is 0 Å². The minimum absolute atomic E-state index is 0.344. The van der Waals surface area contributed by atoms with E-state index in [1.807, 2.05) is 30.3 Å². The summed E-state index contributed by atoms with van der Waals surface area (Å²) in [6.45, 7) is -1.16. The lowest BCUT2D eigenvalue weighted by Crippen LogP contribution is -2.43. The van der Waals surface area contributed by atoms with Gasteiger partial charge in [0, 0.05) is 12.6 Å². The molecule has 0 saturated carbocycles. The summed E-state index contributed by atoms with van der Waals surface area (Å²) in [5.74, 6) is 0. The van der Waals surface area contributed by atoms with Crippen molar-refractivity contribution >= 4 is 6.09 Å². The van der Waals surface area contributed by atoms with Crippen molar-refractivity contribution in [2.45, 2.75) is 18.6 Å². The zero-order valence-corrected chi connectivity index (χ0v) is 11.0. The third kappa shape index (κ3) is 6.98. The van der Waals surface area contributed by atoms with E-state index in [1.54, 1.807) is 7.05 Å². The quantitative estimate of drug-likeness (QED) is 0.843. The summed E-state index contributed by atoms with van der Waals surface area (Å²) < 4.78 is 39.9. The average molecular weight is 290 g/mol. The summed E-state index contributed by atoms with van der Waals surface area (Å²) in [6.07, 6.45) is -5.09. The van der Waals surface area contributed by atoms with Crippen LogP contribution in [0.5, 0.6) is 0 Å². The van der Waals surface area contributed by atoms with Crippen LogP contribution in [0.25, 0.3) is 0 Å². The summed E-state index contributed by atoms with van der Waals surface area (Å²) in [5.41, 5.74) is 0.976. The van der Waals surface area contributed by atoms with Crippen LogP contribution in [0.1, 0.15) is 5.56 Å². The molecule has 1 unspecified atom stereocenters. The van der Waals surface area contributed by atoms with Gasteiger partial charge < -0.3 is 15.4 Å². The monoisotopic (exact) mass is 290 g/mol. The SMILES string of the molecule is CNCC(Cc1ccccc1)NC(=O)OCC(F)(F)F. The molecule has 0 aliphatic carbocycles. The Morgan fingerprint density at radius 1 is 1.30 bits per heavy atom. The van der Waals surface area contributed by atoms with Crippen molar-refractivity contribution in [2.24, 2.45) is 0 Å². The molecule has 1 aromatic rings. The Hall–Kier alpha value is -1.76. The van der Waals surface area contributed by atoms with E-state index in [0.717, 1.165) is 5.56 Å². The molecule has 0 aliphatic rings. The summed E-state index contributed by atoms with van der Waals surface area (Å²) in [6, 6.07) is 8.99. The molecule has 0 bridgehead atoms. The van der Waals surface area contributed by atoms with Gasteiger partial charge in [-0.3, -0.25) is 0 Å².